The second kappa shape index (κ2) is 7.13. The molecule has 0 saturated carbocycles. The van der Waals surface area contributed by atoms with Crippen LogP contribution in [0.5, 0.6) is 0 Å². The number of aryl methyl sites for hydroxylation is 1. The Labute approximate surface area is 134 Å². The number of hydrogen-bond donors (Lipinski definition) is 3. The number of alkyl halides is 3. The Hall–Kier alpha value is -2.21. The Morgan fingerprint density at radius 1 is 1.46 bits per heavy atom. The van der Waals surface area contributed by atoms with Gasteiger partial charge >= 0.3 is 11.9 Å². The number of nitrogens with one attached hydrogen (secondary N) is 3. The fourth-order valence-corrected chi connectivity index (χ4v) is 2.52. The van der Waals surface area contributed by atoms with E-state index < -0.39 is 41.0 Å². The van der Waals surface area contributed by atoms with Gasteiger partial charge in [0, 0.05) is 32.7 Å². The lowest BCUT2D eigenvalue weighted by Crippen LogP contribution is -2.57. The first kappa shape index (κ1) is 18.1. The largest absolute Gasteiger partial charge is 0.405 e. The zero-order valence-corrected chi connectivity index (χ0v) is 12.8. The SMILES string of the molecule is Cc1[nH]nc(C(=O)NCC(N2CCNCC2)C(F)(F)F)c1[N+](=O)[O-]. The average molecular weight is 350 g/mol. The van der Waals surface area contributed by atoms with Crippen LogP contribution in [0, 0.1) is 17.0 Å². The Morgan fingerprint density at radius 3 is 2.62 bits per heavy atom. The van der Waals surface area contributed by atoms with Crippen molar-refractivity contribution in [2.75, 3.05) is 32.7 Å². The van der Waals surface area contributed by atoms with E-state index in [-0.39, 0.29) is 18.8 Å². The summed E-state index contributed by atoms with van der Waals surface area (Å²) in [5.74, 6) is -1.02. The molecule has 1 atom stereocenters. The van der Waals surface area contributed by atoms with Gasteiger partial charge in [-0.3, -0.25) is 24.9 Å². The van der Waals surface area contributed by atoms with Gasteiger partial charge in [-0.2, -0.15) is 18.3 Å². The molecule has 0 aromatic carbocycles. The molecule has 2 heterocycles. The van der Waals surface area contributed by atoms with E-state index in [9.17, 15) is 28.1 Å². The van der Waals surface area contributed by atoms with Gasteiger partial charge in [-0.1, -0.05) is 0 Å². The normalized spacial score (nSPS) is 17.5. The number of hydrogen-bond acceptors (Lipinski definition) is 6. The number of halogens is 3. The van der Waals surface area contributed by atoms with Gasteiger partial charge in [-0.15, -0.1) is 0 Å². The maximum Gasteiger partial charge on any atom is 0.405 e. The molecule has 24 heavy (non-hydrogen) atoms. The van der Waals surface area contributed by atoms with Gasteiger partial charge in [0.1, 0.15) is 11.7 Å². The van der Waals surface area contributed by atoms with E-state index >= 15 is 0 Å². The van der Waals surface area contributed by atoms with Crippen molar-refractivity contribution in [2.24, 2.45) is 0 Å². The van der Waals surface area contributed by atoms with E-state index in [1.807, 2.05) is 0 Å². The van der Waals surface area contributed by atoms with Crippen molar-refractivity contribution in [3.05, 3.63) is 21.5 Å². The molecule has 1 unspecified atom stereocenters. The second-order valence-electron chi connectivity index (χ2n) is 5.36. The molecule has 1 saturated heterocycles. The molecule has 134 valence electrons. The maximum absolute atomic E-state index is 13.2. The summed E-state index contributed by atoms with van der Waals surface area (Å²) in [5.41, 5.74) is -1.02. The van der Waals surface area contributed by atoms with Crippen molar-refractivity contribution in [1.82, 2.24) is 25.7 Å². The van der Waals surface area contributed by atoms with E-state index in [0.717, 1.165) is 0 Å². The number of carbonyl (C=O) groups excluding carboxylic acids is 1. The minimum absolute atomic E-state index is 0.0552. The van der Waals surface area contributed by atoms with Crippen LogP contribution in [-0.4, -0.2) is 70.9 Å². The van der Waals surface area contributed by atoms with E-state index in [1.165, 1.54) is 11.8 Å². The number of aromatic nitrogens is 2. The fourth-order valence-electron chi connectivity index (χ4n) is 2.52. The molecule has 1 amide bonds. The zero-order valence-electron chi connectivity index (χ0n) is 12.8. The maximum atomic E-state index is 13.2. The number of nitrogens with zero attached hydrogens (tertiary/aromatic N) is 3. The van der Waals surface area contributed by atoms with Gasteiger partial charge in [0.05, 0.1) is 4.92 Å². The van der Waals surface area contributed by atoms with Crippen molar-refractivity contribution >= 4 is 11.6 Å². The minimum Gasteiger partial charge on any atom is -0.348 e. The third kappa shape index (κ3) is 4.00. The summed E-state index contributed by atoms with van der Waals surface area (Å²) in [4.78, 5) is 23.3. The lowest BCUT2D eigenvalue weighted by molar-refractivity contribution is -0.385. The third-order valence-corrected chi connectivity index (χ3v) is 3.74. The van der Waals surface area contributed by atoms with Crippen LogP contribution < -0.4 is 10.6 Å². The predicted molar refractivity (Wildman–Crippen MR) is 76.6 cm³/mol. The summed E-state index contributed by atoms with van der Waals surface area (Å²) in [6, 6.07) is -1.86. The summed E-state index contributed by atoms with van der Waals surface area (Å²) in [6.07, 6.45) is -4.53. The van der Waals surface area contributed by atoms with Gasteiger partial charge in [-0.25, -0.2) is 0 Å². The highest BCUT2D eigenvalue weighted by molar-refractivity contribution is 5.96. The van der Waals surface area contributed by atoms with Gasteiger partial charge in [-0.05, 0) is 6.92 Å². The second-order valence-corrected chi connectivity index (χ2v) is 5.36. The first-order valence-corrected chi connectivity index (χ1v) is 7.21. The Kier molecular flexibility index (Phi) is 5.39. The quantitative estimate of drug-likeness (QED) is 0.516. The topological polar surface area (TPSA) is 116 Å². The molecule has 0 bridgehead atoms. The van der Waals surface area contributed by atoms with Crippen LogP contribution in [0.4, 0.5) is 18.9 Å². The van der Waals surface area contributed by atoms with Gasteiger partial charge in [0.25, 0.3) is 5.91 Å². The molecule has 3 N–H and O–H groups in total. The number of carbonyl (C=O) groups is 1. The molecule has 2 rings (SSSR count). The van der Waals surface area contributed by atoms with Crippen LogP contribution in [0.2, 0.25) is 0 Å². The summed E-state index contributed by atoms with van der Waals surface area (Å²) in [7, 11) is 0. The van der Waals surface area contributed by atoms with Crippen LogP contribution in [0.3, 0.4) is 0 Å². The van der Waals surface area contributed by atoms with E-state index in [2.05, 4.69) is 20.8 Å². The first-order valence-electron chi connectivity index (χ1n) is 7.21. The van der Waals surface area contributed by atoms with Gasteiger partial charge in [0.15, 0.2) is 0 Å². The van der Waals surface area contributed by atoms with Crippen molar-refractivity contribution in [3.63, 3.8) is 0 Å². The Balaban J connectivity index is 2.09. The third-order valence-electron chi connectivity index (χ3n) is 3.74. The summed E-state index contributed by atoms with van der Waals surface area (Å²) < 4.78 is 39.7. The summed E-state index contributed by atoms with van der Waals surface area (Å²) in [5, 5.41) is 21.8. The van der Waals surface area contributed by atoms with Crippen molar-refractivity contribution in [2.45, 2.75) is 19.1 Å². The molecule has 0 radical (unpaired) electrons. The lowest BCUT2D eigenvalue weighted by atomic mass is 10.2. The van der Waals surface area contributed by atoms with Crippen LogP contribution in [0.25, 0.3) is 0 Å². The van der Waals surface area contributed by atoms with Gasteiger partial charge < -0.3 is 10.6 Å². The number of nitro groups is 1. The molecule has 1 aromatic rings. The monoisotopic (exact) mass is 350 g/mol. The molecule has 1 aliphatic heterocycles. The van der Waals surface area contributed by atoms with E-state index in [0.29, 0.717) is 13.1 Å². The number of aromatic amines is 1. The summed E-state index contributed by atoms with van der Waals surface area (Å²) in [6.45, 7) is 1.88. The fraction of sp³-hybridized carbons (Fsp3) is 0.667. The summed E-state index contributed by atoms with van der Waals surface area (Å²) >= 11 is 0. The number of rotatable bonds is 5. The molecule has 1 fully saturated rings. The zero-order chi connectivity index (χ0) is 17.9. The van der Waals surface area contributed by atoms with Crippen LogP contribution in [-0.2, 0) is 0 Å². The van der Waals surface area contributed by atoms with Crippen LogP contribution >= 0.6 is 0 Å². The molecule has 0 spiro atoms. The lowest BCUT2D eigenvalue weighted by Gasteiger charge is -2.35. The van der Waals surface area contributed by atoms with Gasteiger partial charge in [0.2, 0.25) is 5.69 Å². The molecular formula is C12H17F3N6O3. The standard InChI is InChI=1S/C12H17F3N6O3/c1-7-10(21(23)24)9(19-18-7)11(22)17-6-8(12(13,14)15)20-4-2-16-3-5-20/h8,16H,2-6H2,1H3,(H,17,22)(H,18,19). The first-order chi connectivity index (χ1) is 11.2. The number of H-pyrrole nitrogens is 1. The molecule has 0 aliphatic carbocycles. The number of piperazine rings is 1. The molecule has 1 aliphatic rings. The highest BCUT2D eigenvalue weighted by atomic mass is 19.4. The average Bonchev–Trinajstić information content (AvgIpc) is 2.89. The Bertz CT molecular complexity index is 612. The van der Waals surface area contributed by atoms with Crippen molar-refractivity contribution in [3.8, 4) is 0 Å². The predicted octanol–water partition coefficient (Wildman–Crippen LogP) is 0.192. The van der Waals surface area contributed by atoms with E-state index in [1.54, 1.807) is 0 Å². The van der Waals surface area contributed by atoms with Crippen molar-refractivity contribution in [1.29, 1.82) is 0 Å². The smallest absolute Gasteiger partial charge is 0.348 e. The molecule has 12 heteroatoms. The molecule has 9 nitrogen and oxygen atoms in total. The highest BCUT2D eigenvalue weighted by Crippen LogP contribution is 2.25. The molecule has 1 aromatic heterocycles. The van der Waals surface area contributed by atoms with Crippen molar-refractivity contribution < 1.29 is 22.9 Å². The van der Waals surface area contributed by atoms with E-state index in [4.69, 9.17) is 0 Å². The number of amides is 1. The minimum atomic E-state index is -4.53. The van der Waals surface area contributed by atoms with Crippen LogP contribution in [0.15, 0.2) is 0 Å². The highest BCUT2D eigenvalue weighted by Gasteiger charge is 2.44. The molecular weight excluding hydrogens is 333 g/mol. The van der Waals surface area contributed by atoms with Crippen LogP contribution in [0.1, 0.15) is 16.2 Å². The Morgan fingerprint density at radius 2 is 2.08 bits per heavy atom.